The molecule has 0 N–H and O–H groups in total. The number of benzene rings is 1. The second kappa shape index (κ2) is 5.69. The van der Waals surface area contributed by atoms with Crippen LogP contribution in [0.3, 0.4) is 0 Å². The molecule has 0 spiro atoms. The standard InChI is InChI=1S/C13H19FN2O4S/c1-6-13(3,4)15(5)21(19,20)12-8-11(16(17)18)10(14)7-9(12)2/h7-8H,6H2,1-5H3. The lowest BCUT2D eigenvalue weighted by Gasteiger charge is -2.34. The van der Waals surface area contributed by atoms with Gasteiger partial charge in [-0.3, -0.25) is 10.1 Å². The van der Waals surface area contributed by atoms with Crippen molar-refractivity contribution in [3.05, 3.63) is 33.6 Å². The molecule has 8 heteroatoms. The number of rotatable bonds is 5. The maximum atomic E-state index is 13.5. The highest BCUT2D eigenvalue weighted by Crippen LogP contribution is 2.30. The molecular weight excluding hydrogens is 299 g/mol. The molecule has 0 radical (unpaired) electrons. The summed E-state index contributed by atoms with van der Waals surface area (Å²) in [6, 6.07) is 1.65. The Bertz CT molecular complexity index is 671. The van der Waals surface area contributed by atoms with Crippen molar-refractivity contribution in [1.82, 2.24) is 4.31 Å². The fourth-order valence-corrected chi connectivity index (χ4v) is 3.56. The Morgan fingerprint density at radius 1 is 1.38 bits per heavy atom. The lowest BCUT2D eigenvalue weighted by atomic mass is 10.0. The van der Waals surface area contributed by atoms with Crippen LogP contribution in [-0.4, -0.2) is 30.2 Å². The van der Waals surface area contributed by atoms with Crippen LogP contribution in [0, 0.1) is 22.9 Å². The zero-order valence-electron chi connectivity index (χ0n) is 12.7. The maximum Gasteiger partial charge on any atom is 0.306 e. The molecule has 0 heterocycles. The van der Waals surface area contributed by atoms with Crippen molar-refractivity contribution < 1.29 is 17.7 Å². The predicted octanol–water partition coefficient (Wildman–Crippen LogP) is 2.85. The molecule has 6 nitrogen and oxygen atoms in total. The first-order valence-corrected chi connectivity index (χ1v) is 7.82. The molecule has 0 saturated heterocycles. The van der Waals surface area contributed by atoms with E-state index in [1.54, 1.807) is 13.8 Å². The first kappa shape index (κ1) is 17.5. The van der Waals surface area contributed by atoms with Crippen LogP contribution in [0.4, 0.5) is 10.1 Å². The number of hydrogen-bond acceptors (Lipinski definition) is 4. The Balaban J connectivity index is 3.52. The molecule has 0 bridgehead atoms. The van der Waals surface area contributed by atoms with E-state index in [2.05, 4.69) is 0 Å². The van der Waals surface area contributed by atoms with Gasteiger partial charge >= 0.3 is 5.69 Å². The third kappa shape index (κ3) is 3.21. The topological polar surface area (TPSA) is 80.5 Å². The minimum Gasteiger partial charge on any atom is -0.258 e. The first-order valence-electron chi connectivity index (χ1n) is 6.38. The average molecular weight is 318 g/mol. The molecule has 0 saturated carbocycles. The van der Waals surface area contributed by atoms with Gasteiger partial charge in [-0.05, 0) is 38.8 Å². The van der Waals surface area contributed by atoms with Gasteiger partial charge in [0.1, 0.15) is 0 Å². The highest BCUT2D eigenvalue weighted by atomic mass is 32.2. The van der Waals surface area contributed by atoms with Crippen LogP contribution in [0.2, 0.25) is 0 Å². The molecule has 21 heavy (non-hydrogen) atoms. The number of hydrogen-bond donors (Lipinski definition) is 0. The van der Waals surface area contributed by atoms with Crippen molar-refractivity contribution in [3.8, 4) is 0 Å². The summed E-state index contributed by atoms with van der Waals surface area (Å²) in [5.74, 6) is -1.05. The third-order valence-corrected chi connectivity index (χ3v) is 6.01. The van der Waals surface area contributed by atoms with Crippen LogP contribution in [-0.2, 0) is 10.0 Å². The molecule has 1 aromatic carbocycles. The summed E-state index contributed by atoms with van der Waals surface area (Å²) in [5.41, 5.74) is -1.37. The number of nitro groups is 1. The second-order valence-corrected chi connectivity index (χ2v) is 7.40. The molecule has 0 unspecified atom stereocenters. The van der Waals surface area contributed by atoms with Gasteiger partial charge in [0, 0.05) is 18.7 Å². The third-order valence-electron chi connectivity index (χ3n) is 3.80. The summed E-state index contributed by atoms with van der Waals surface area (Å²) >= 11 is 0. The molecule has 1 rings (SSSR count). The summed E-state index contributed by atoms with van der Waals surface area (Å²) in [4.78, 5) is 9.61. The van der Waals surface area contributed by atoms with Crippen LogP contribution in [0.5, 0.6) is 0 Å². The molecule has 1 aromatic rings. The SMILES string of the molecule is CCC(C)(C)N(C)S(=O)(=O)c1cc([N+](=O)[O-])c(F)cc1C. The smallest absolute Gasteiger partial charge is 0.258 e. The van der Waals surface area contributed by atoms with Crippen LogP contribution >= 0.6 is 0 Å². The summed E-state index contributed by atoms with van der Waals surface area (Å²) < 4.78 is 39.9. The van der Waals surface area contributed by atoms with E-state index in [1.807, 2.05) is 6.92 Å². The Kier molecular flexibility index (Phi) is 4.74. The Hall–Kier alpha value is -1.54. The molecule has 0 atom stereocenters. The number of aryl methyl sites for hydroxylation is 1. The van der Waals surface area contributed by atoms with Crippen LogP contribution in [0.15, 0.2) is 17.0 Å². The van der Waals surface area contributed by atoms with Gasteiger partial charge in [0.05, 0.1) is 9.82 Å². The summed E-state index contributed by atoms with van der Waals surface area (Å²) in [5, 5.41) is 10.8. The molecule has 0 amide bonds. The summed E-state index contributed by atoms with van der Waals surface area (Å²) in [6.07, 6.45) is 0.561. The van der Waals surface area contributed by atoms with E-state index in [0.717, 1.165) is 16.4 Å². The molecule has 118 valence electrons. The first-order chi connectivity index (χ1) is 9.45. The number of nitro benzene ring substituents is 1. The molecule has 0 fully saturated rings. The molecule has 0 aromatic heterocycles. The normalized spacial score (nSPS) is 12.7. The maximum absolute atomic E-state index is 13.5. The van der Waals surface area contributed by atoms with Crippen molar-refractivity contribution in [1.29, 1.82) is 0 Å². The van der Waals surface area contributed by atoms with E-state index in [1.165, 1.54) is 14.0 Å². The average Bonchev–Trinajstić information content (AvgIpc) is 2.36. The molecular formula is C13H19FN2O4S. The highest BCUT2D eigenvalue weighted by molar-refractivity contribution is 7.89. The quantitative estimate of drug-likeness (QED) is 0.617. The number of nitrogens with zero attached hydrogens (tertiary/aromatic N) is 2. The van der Waals surface area contributed by atoms with Gasteiger partial charge in [-0.1, -0.05) is 6.92 Å². The largest absolute Gasteiger partial charge is 0.306 e. The number of halogens is 1. The fourth-order valence-electron chi connectivity index (χ4n) is 1.76. The van der Waals surface area contributed by atoms with Gasteiger partial charge in [0.15, 0.2) is 0 Å². The van der Waals surface area contributed by atoms with Gasteiger partial charge in [-0.2, -0.15) is 8.70 Å². The van der Waals surface area contributed by atoms with Gasteiger partial charge in [0.2, 0.25) is 15.8 Å². The second-order valence-electron chi connectivity index (χ2n) is 5.46. The van der Waals surface area contributed by atoms with Crippen molar-refractivity contribution in [2.45, 2.75) is 44.6 Å². The van der Waals surface area contributed by atoms with Gasteiger partial charge in [0.25, 0.3) is 0 Å². The Morgan fingerprint density at radius 3 is 2.33 bits per heavy atom. The minimum atomic E-state index is -3.95. The predicted molar refractivity (Wildman–Crippen MR) is 77.1 cm³/mol. The van der Waals surface area contributed by atoms with E-state index < -0.39 is 32.0 Å². The monoisotopic (exact) mass is 318 g/mol. The summed E-state index contributed by atoms with van der Waals surface area (Å²) in [6.45, 7) is 6.74. The molecule has 0 aliphatic heterocycles. The lowest BCUT2D eigenvalue weighted by molar-refractivity contribution is -0.387. The molecule has 0 aliphatic carbocycles. The van der Waals surface area contributed by atoms with Crippen molar-refractivity contribution >= 4 is 15.7 Å². The Morgan fingerprint density at radius 2 is 1.90 bits per heavy atom. The van der Waals surface area contributed by atoms with Crippen molar-refractivity contribution in [3.63, 3.8) is 0 Å². The molecule has 0 aliphatic rings. The van der Waals surface area contributed by atoms with Crippen LogP contribution < -0.4 is 0 Å². The van der Waals surface area contributed by atoms with E-state index in [9.17, 15) is 22.9 Å². The fraction of sp³-hybridized carbons (Fsp3) is 0.538. The Labute approximate surface area is 123 Å². The van der Waals surface area contributed by atoms with Crippen LogP contribution in [0.1, 0.15) is 32.8 Å². The van der Waals surface area contributed by atoms with Gasteiger partial charge in [-0.25, -0.2) is 8.42 Å². The van der Waals surface area contributed by atoms with E-state index in [-0.39, 0.29) is 10.5 Å². The highest BCUT2D eigenvalue weighted by Gasteiger charge is 2.35. The van der Waals surface area contributed by atoms with Crippen LogP contribution in [0.25, 0.3) is 0 Å². The van der Waals surface area contributed by atoms with Crippen molar-refractivity contribution in [2.24, 2.45) is 0 Å². The lowest BCUT2D eigenvalue weighted by Crippen LogP contribution is -2.44. The van der Waals surface area contributed by atoms with Crippen molar-refractivity contribution in [2.75, 3.05) is 7.05 Å². The zero-order chi connectivity index (χ0) is 16.6. The van der Waals surface area contributed by atoms with Gasteiger partial charge in [-0.15, -0.1) is 0 Å². The van der Waals surface area contributed by atoms with Gasteiger partial charge < -0.3 is 0 Å². The number of sulfonamides is 1. The summed E-state index contributed by atoms with van der Waals surface area (Å²) in [7, 11) is -2.54. The van der Waals surface area contributed by atoms with E-state index >= 15 is 0 Å². The zero-order valence-corrected chi connectivity index (χ0v) is 13.5. The van der Waals surface area contributed by atoms with E-state index in [4.69, 9.17) is 0 Å². The minimum absolute atomic E-state index is 0.136. The van der Waals surface area contributed by atoms with E-state index in [0.29, 0.717) is 6.42 Å².